The highest BCUT2D eigenvalue weighted by atomic mass is 19.4. The molecule has 2 rings (SSSR count). The average molecular weight is 231 g/mol. The maximum atomic E-state index is 11.9. The molecule has 0 spiro atoms. The highest BCUT2D eigenvalue weighted by molar-refractivity contribution is 5.29. The minimum atomic E-state index is -4.62. The van der Waals surface area contributed by atoms with Gasteiger partial charge in [0.2, 0.25) is 0 Å². The third-order valence-electron chi connectivity index (χ3n) is 2.58. The molecule has 1 aliphatic rings. The maximum absolute atomic E-state index is 11.9. The Kier molecular flexibility index (Phi) is 3.05. The third kappa shape index (κ3) is 2.88. The van der Waals surface area contributed by atoms with Gasteiger partial charge in [-0.05, 0) is 37.1 Å². The third-order valence-corrected chi connectivity index (χ3v) is 2.58. The first-order valence-electron chi connectivity index (χ1n) is 5.14. The smallest absolute Gasteiger partial charge is 0.406 e. The molecular weight excluding hydrogens is 219 g/mol. The van der Waals surface area contributed by atoms with Gasteiger partial charge in [-0.2, -0.15) is 0 Å². The lowest BCUT2D eigenvalue weighted by atomic mass is 10.1. The summed E-state index contributed by atoms with van der Waals surface area (Å²) in [5.41, 5.74) is 1.01. The molecule has 2 nitrogen and oxygen atoms in total. The Labute approximate surface area is 91.4 Å². The Hall–Kier alpha value is -1.23. The minimum absolute atomic E-state index is 0.172. The second kappa shape index (κ2) is 4.33. The number of hydrogen-bond acceptors (Lipinski definition) is 2. The lowest BCUT2D eigenvalue weighted by Gasteiger charge is -2.12. The molecule has 5 heteroatoms. The molecule has 1 aliphatic heterocycles. The summed E-state index contributed by atoms with van der Waals surface area (Å²) >= 11 is 0. The van der Waals surface area contributed by atoms with Gasteiger partial charge in [0.1, 0.15) is 5.75 Å². The zero-order valence-electron chi connectivity index (χ0n) is 8.55. The summed E-state index contributed by atoms with van der Waals surface area (Å²) in [5, 5.41) is 3.28. The van der Waals surface area contributed by atoms with Crippen LogP contribution in [0, 0.1) is 0 Å². The summed E-state index contributed by atoms with van der Waals surface area (Å²) in [6, 6.07) is 6.31. The van der Waals surface area contributed by atoms with Crippen molar-refractivity contribution in [2.24, 2.45) is 0 Å². The molecule has 1 fully saturated rings. The predicted molar refractivity (Wildman–Crippen MR) is 53.1 cm³/mol. The molecule has 1 aromatic rings. The van der Waals surface area contributed by atoms with Crippen LogP contribution in [0.5, 0.6) is 5.75 Å². The summed E-state index contributed by atoms with van der Waals surface area (Å²) in [6.07, 6.45) is -2.49. The van der Waals surface area contributed by atoms with Crippen molar-refractivity contribution in [1.82, 2.24) is 5.32 Å². The number of alkyl halides is 3. The number of benzene rings is 1. The van der Waals surface area contributed by atoms with E-state index in [1.54, 1.807) is 12.1 Å². The molecule has 1 aromatic carbocycles. The van der Waals surface area contributed by atoms with Gasteiger partial charge in [-0.15, -0.1) is 13.2 Å². The Morgan fingerprint density at radius 2 is 1.88 bits per heavy atom. The van der Waals surface area contributed by atoms with Crippen molar-refractivity contribution >= 4 is 0 Å². The number of nitrogens with one attached hydrogen (secondary N) is 1. The summed E-state index contributed by atoms with van der Waals surface area (Å²) in [7, 11) is 0. The van der Waals surface area contributed by atoms with Gasteiger partial charge in [0.15, 0.2) is 0 Å². The molecule has 0 aliphatic carbocycles. The van der Waals surface area contributed by atoms with Gasteiger partial charge in [-0.3, -0.25) is 0 Å². The van der Waals surface area contributed by atoms with Gasteiger partial charge >= 0.3 is 6.36 Å². The van der Waals surface area contributed by atoms with E-state index in [9.17, 15) is 13.2 Å². The van der Waals surface area contributed by atoms with Crippen molar-refractivity contribution in [2.45, 2.75) is 25.2 Å². The normalized spacial score (nSPS) is 21.1. The van der Waals surface area contributed by atoms with Crippen LogP contribution in [-0.4, -0.2) is 12.9 Å². The van der Waals surface area contributed by atoms with E-state index in [2.05, 4.69) is 10.1 Å². The second-order valence-corrected chi connectivity index (χ2v) is 3.77. The van der Waals surface area contributed by atoms with Gasteiger partial charge < -0.3 is 10.1 Å². The van der Waals surface area contributed by atoms with E-state index < -0.39 is 6.36 Å². The molecule has 0 amide bonds. The summed E-state index contributed by atoms with van der Waals surface area (Å²) in [5.74, 6) is -0.172. The van der Waals surface area contributed by atoms with Crippen LogP contribution in [0.2, 0.25) is 0 Å². The first-order chi connectivity index (χ1) is 7.54. The summed E-state index contributed by atoms with van der Waals surface area (Å²) < 4.78 is 39.5. The van der Waals surface area contributed by atoms with Gasteiger partial charge in [0.25, 0.3) is 0 Å². The van der Waals surface area contributed by atoms with Crippen LogP contribution < -0.4 is 10.1 Å². The monoisotopic (exact) mass is 231 g/mol. The largest absolute Gasteiger partial charge is 0.573 e. The molecule has 16 heavy (non-hydrogen) atoms. The van der Waals surface area contributed by atoms with Gasteiger partial charge in [-0.1, -0.05) is 12.1 Å². The zero-order chi connectivity index (χ0) is 11.6. The molecule has 1 N–H and O–H groups in total. The number of ether oxygens (including phenoxy) is 1. The fourth-order valence-electron chi connectivity index (χ4n) is 1.87. The second-order valence-electron chi connectivity index (χ2n) is 3.77. The van der Waals surface area contributed by atoms with Crippen LogP contribution in [0.3, 0.4) is 0 Å². The molecule has 88 valence electrons. The van der Waals surface area contributed by atoms with Crippen molar-refractivity contribution in [3.05, 3.63) is 29.8 Å². The zero-order valence-corrected chi connectivity index (χ0v) is 8.55. The fourth-order valence-corrected chi connectivity index (χ4v) is 1.87. The molecule has 0 saturated carbocycles. The highest BCUT2D eigenvalue weighted by Gasteiger charge is 2.31. The highest BCUT2D eigenvalue weighted by Crippen LogP contribution is 2.27. The van der Waals surface area contributed by atoms with E-state index in [-0.39, 0.29) is 11.8 Å². The van der Waals surface area contributed by atoms with Crippen molar-refractivity contribution in [2.75, 3.05) is 6.54 Å². The molecular formula is C11H12F3NO. The van der Waals surface area contributed by atoms with Crippen LogP contribution in [0.4, 0.5) is 13.2 Å². The molecule has 0 radical (unpaired) electrons. The standard InChI is InChI=1S/C11H12F3NO/c12-11(13,14)16-9-5-3-8(4-6-9)10-2-1-7-15-10/h3-6,10,15H,1-2,7H2. The maximum Gasteiger partial charge on any atom is 0.573 e. The van der Waals surface area contributed by atoms with Crippen LogP contribution in [-0.2, 0) is 0 Å². The SMILES string of the molecule is FC(F)(F)Oc1ccc(C2CCCN2)cc1. The number of hydrogen-bond donors (Lipinski definition) is 1. The average Bonchev–Trinajstić information content (AvgIpc) is 2.69. The Morgan fingerprint density at radius 3 is 2.38 bits per heavy atom. The minimum Gasteiger partial charge on any atom is -0.406 e. The number of halogens is 3. The molecule has 1 atom stereocenters. The van der Waals surface area contributed by atoms with E-state index in [1.807, 2.05) is 0 Å². The lowest BCUT2D eigenvalue weighted by molar-refractivity contribution is -0.274. The van der Waals surface area contributed by atoms with Crippen molar-refractivity contribution in [3.8, 4) is 5.75 Å². The van der Waals surface area contributed by atoms with E-state index in [4.69, 9.17) is 0 Å². The predicted octanol–water partition coefficient (Wildman–Crippen LogP) is 3.01. The Bertz CT molecular complexity index is 341. The van der Waals surface area contributed by atoms with Crippen LogP contribution in [0.15, 0.2) is 24.3 Å². The Balaban J connectivity index is 2.04. The first-order valence-corrected chi connectivity index (χ1v) is 5.14. The van der Waals surface area contributed by atoms with Crippen molar-refractivity contribution < 1.29 is 17.9 Å². The lowest BCUT2D eigenvalue weighted by Crippen LogP contribution is -2.17. The topological polar surface area (TPSA) is 21.3 Å². The van der Waals surface area contributed by atoms with Gasteiger partial charge in [0.05, 0.1) is 0 Å². The van der Waals surface area contributed by atoms with E-state index in [0.717, 1.165) is 24.9 Å². The van der Waals surface area contributed by atoms with Crippen LogP contribution in [0.25, 0.3) is 0 Å². The van der Waals surface area contributed by atoms with Crippen molar-refractivity contribution in [1.29, 1.82) is 0 Å². The summed E-state index contributed by atoms with van der Waals surface area (Å²) in [6.45, 7) is 0.964. The Morgan fingerprint density at radius 1 is 1.19 bits per heavy atom. The van der Waals surface area contributed by atoms with Gasteiger partial charge in [-0.25, -0.2) is 0 Å². The van der Waals surface area contributed by atoms with E-state index in [0.29, 0.717) is 0 Å². The molecule has 0 bridgehead atoms. The molecule has 1 unspecified atom stereocenters. The van der Waals surface area contributed by atoms with E-state index in [1.165, 1.54) is 12.1 Å². The van der Waals surface area contributed by atoms with Crippen molar-refractivity contribution in [3.63, 3.8) is 0 Å². The van der Waals surface area contributed by atoms with Crippen LogP contribution >= 0.6 is 0 Å². The quantitative estimate of drug-likeness (QED) is 0.844. The fraction of sp³-hybridized carbons (Fsp3) is 0.455. The molecule has 0 aromatic heterocycles. The summed E-state index contributed by atoms with van der Waals surface area (Å²) in [4.78, 5) is 0. The first kappa shape index (κ1) is 11.3. The van der Waals surface area contributed by atoms with Crippen LogP contribution in [0.1, 0.15) is 24.4 Å². The van der Waals surface area contributed by atoms with E-state index >= 15 is 0 Å². The molecule has 1 saturated heterocycles. The van der Waals surface area contributed by atoms with Gasteiger partial charge in [0, 0.05) is 6.04 Å². The number of rotatable bonds is 2. The molecule has 1 heterocycles.